The molecule has 0 radical (unpaired) electrons. The van der Waals surface area contributed by atoms with Gasteiger partial charge in [-0.1, -0.05) is 17.8 Å². The van der Waals surface area contributed by atoms with Gasteiger partial charge in [-0.15, -0.1) is 0 Å². The van der Waals surface area contributed by atoms with Crippen LogP contribution in [0.4, 0.5) is 0 Å². The van der Waals surface area contributed by atoms with Crippen molar-refractivity contribution in [3.8, 4) is 5.88 Å². The zero-order chi connectivity index (χ0) is 17.9. The number of carbonyl (C=O) groups excluding carboxylic acids is 1. The maximum Gasteiger partial charge on any atom is 0.251 e. The van der Waals surface area contributed by atoms with Crippen LogP contribution in [0, 0.1) is 5.92 Å². The fourth-order valence-corrected chi connectivity index (χ4v) is 4.54. The Bertz CT molecular complexity index is 773. The molecule has 4 heterocycles. The minimum absolute atomic E-state index is 0.0276. The Morgan fingerprint density at radius 2 is 1.96 bits per heavy atom. The smallest absolute Gasteiger partial charge is 0.251 e. The predicted octanol–water partition coefficient (Wildman–Crippen LogP) is 3.07. The van der Waals surface area contributed by atoms with E-state index in [1.165, 1.54) is 25.9 Å². The number of carbonyl (C=O) groups is 1. The standard InChI is InChI=1S/C20H23N3O2S/c1-25-18-3-2-4-19(22-18)26-16-7-5-15(6-8-16)20(24)21-17-13-23-11-9-14(17)10-12-23/h2-8,14,17H,9-13H2,1H3,(H,21,24)/t17-/m0/s1. The van der Waals surface area contributed by atoms with Crippen LogP contribution in [0.5, 0.6) is 5.88 Å². The minimum Gasteiger partial charge on any atom is -0.481 e. The second-order valence-electron chi connectivity index (χ2n) is 6.86. The second kappa shape index (κ2) is 7.68. The monoisotopic (exact) mass is 369 g/mol. The van der Waals surface area contributed by atoms with Gasteiger partial charge < -0.3 is 15.0 Å². The molecular formula is C20H23N3O2S. The molecule has 6 heteroatoms. The molecular weight excluding hydrogens is 346 g/mol. The average Bonchev–Trinajstić information content (AvgIpc) is 2.69. The van der Waals surface area contributed by atoms with Crippen LogP contribution in [0.2, 0.25) is 0 Å². The summed E-state index contributed by atoms with van der Waals surface area (Å²) in [6.45, 7) is 3.36. The predicted molar refractivity (Wildman–Crippen MR) is 102 cm³/mol. The third kappa shape index (κ3) is 3.86. The number of piperidine rings is 3. The number of fused-ring (bicyclic) bond motifs is 3. The van der Waals surface area contributed by atoms with Gasteiger partial charge in [0.15, 0.2) is 0 Å². The van der Waals surface area contributed by atoms with E-state index in [-0.39, 0.29) is 5.91 Å². The fraction of sp³-hybridized carbons (Fsp3) is 0.400. The van der Waals surface area contributed by atoms with Crippen LogP contribution in [0.3, 0.4) is 0 Å². The Labute approximate surface area is 158 Å². The molecule has 1 aromatic carbocycles. The van der Waals surface area contributed by atoms with Crippen LogP contribution in [-0.4, -0.2) is 48.6 Å². The number of nitrogens with one attached hydrogen (secondary N) is 1. The highest BCUT2D eigenvalue weighted by Crippen LogP contribution is 2.29. The van der Waals surface area contributed by atoms with Crippen LogP contribution >= 0.6 is 11.8 Å². The number of benzene rings is 1. The Morgan fingerprint density at radius 3 is 2.62 bits per heavy atom. The largest absolute Gasteiger partial charge is 0.481 e. The van der Waals surface area contributed by atoms with Crippen LogP contribution in [-0.2, 0) is 0 Å². The summed E-state index contributed by atoms with van der Waals surface area (Å²) < 4.78 is 5.16. The van der Waals surface area contributed by atoms with E-state index in [4.69, 9.17) is 4.74 Å². The quantitative estimate of drug-likeness (QED) is 0.878. The molecule has 3 aliphatic heterocycles. The van der Waals surface area contributed by atoms with E-state index >= 15 is 0 Å². The molecule has 3 aliphatic rings. The Balaban J connectivity index is 1.38. The number of nitrogens with zero attached hydrogens (tertiary/aromatic N) is 2. The molecule has 1 atom stereocenters. The first kappa shape index (κ1) is 17.4. The molecule has 1 amide bonds. The van der Waals surface area contributed by atoms with Gasteiger partial charge in [0.2, 0.25) is 5.88 Å². The molecule has 136 valence electrons. The minimum atomic E-state index is 0.0276. The summed E-state index contributed by atoms with van der Waals surface area (Å²) >= 11 is 1.55. The maximum atomic E-state index is 12.6. The van der Waals surface area contributed by atoms with Crippen molar-refractivity contribution >= 4 is 17.7 Å². The lowest BCUT2D eigenvalue weighted by molar-refractivity contribution is 0.0620. The van der Waals surface area contributed by atoms with Crippen LogP contribution in [0.25, 0.3) is 0 Å². The van der Waals surface area contributed by atoms with E-state index in [1.807, 2.05) is 42.5 Å². The number of rotatable bonds is 5. The lowest BCUT2D eigenvalue weighted by atomic mass is 9.84. The third-order valence-electron chi connectivity index (χ3n) is 5.22. The Kier molecular flexibility index (Phi) is 5.13. The number of pyridine rings is 1. The Hall–Kier alpha value is -2.05. The van der Waals surface area contributed by atoms with E-state index in [9.17, 15) is 4.79 Å². The van der Waals surface area contributed by atoms with Gasteiger partial charge in [0, 0.05) is 29.1 Å². The number of ether oxygens (including phenoxy) is 1. The van der Waals surface area contributed by atoms with Gasteiger partial charge in [-0.3, -0.25) is 4.79 Å². The van der Waals surface area contributed by atoms with Crippen molar-refractivity contribution in [3.63, 3.8) is 0 Å². The molecule has 3 fully saturated rings. The van der Waals surface area contributed by atoms with Crippen molar-refractivity contribution in [3.05, 3.63) is 48.0 Å². The Morgan fingerprint density at radius 1 is 1.19 bits per heavy atom. The molecule has 26 heavy (non-hydrogen) atoms. The number of hydrogen-bond donors (Lipinski definition) is 1. The summed E-state index contributed by atoms with van der Waals surface area (Å²) in [5.41, 5.74) is 0.712. The van der Waals surface area contributed by atoms with E-state index in [0.29, 0.717) is 23.4 Å². The van der Waals surface area contributed by atoms with Crippen LogP contribution < -0.4 is 10.1 Å². The van der Waals surface area contributed by atoms with Gasteiger partial charge in [0.1, 0.15) is 5.03 Å². The number of hydrogen-bond acceptors (Lipinski definition) is 5. The summed E-state index contributed by atoms with van der Waals surface area (Å²) in [5.74, 6) is 1.27. The first-order chi connectivity index (χ1) is 12.7. The molecule has 5 rings (SSSR count). The van der Waals surface area contributed by atoms with Crippen molar-refractivity contribution in [1.82, 2.24) is 15.2 Å². The SMILES string of the molecule is COc1cccc(Sc2ccc(C(=O)N[C@H]3CN4CCC3CC4)cc2)n1. The highest BCUT2D eigenvalue weighted by Gasteiger charge is 2.34. The lowest BCUT2D eigenvalue weighted by Gasteiger charge is -2.44. The molecule has 0 aliphatic carbocycles. The topological polar surface area (TPSA) is 54.5 Å². The van der Waals surface area contributed by atoms with Crippen molar-refractivity contribution in [1.29, 1.82) is 0 Å². The summed E-state index contributed by atoms with van der Waals surface area (Å²) in [5, 5.41) is 4.10. The first-order valence-corrected chi connectivity index (χ1v) is 9.85. The molecule has 3 saturated heterocycles. The summed E-state index contributed by atoms with van der Waals surface area (Å²) in [4.78, 5) is 20.5. The van der Waals surface area contributed by atoms with Gasteiger partial charge >= 0.3 is 0 Å². The molecule has 2 aromatic rings. The van der Waals surface area contributed by atoms with Gasteiger partial charge in [0.25, 0.3) is 5.91 Å². The van der Waals surface area contributed by atoms with Crippen LogP contribution in [0.1, 0.15) is 23.2 Å². The van der Waals surface area contributed by atoms with Gasteiger partial charge in [0.05, 0.1) is 7.11 Å². The average molecular weight is 369 g/mol. The van der Waals surface area contributed by atoms with Crippen molar-refractivity contribution in [2.24, 2.45) is 5.92 Å². The highest BCUT2D eigenvalue weighted by molar-refractivity contribution is 7.99. The third-order valence-corrected chi connectivity index (χ3v) is 6.16. The van der Waals surface area contributed by atoms with E-state index in [2.05, 4.69) is 15.2 Å². The molecule has 0 saturated carbocycles. The zero-order valence-electron chi connectivity index (χ0n) is 14.9. The number of methoxy groups -OCH3 is 1. The van der Waals surface area contributed by atoms with Gasteiger partial charge in [-0.05, 0) is 62.2 Å². The second-order valence-corrected chi connectivity index (χ2v) is 7.96. The van der Waals surface area contributed by atoms with Gasteiger partial charge in [-0.25, -0.2) is 4.98 Å². The highest BCUT2D eigenvalue weighted by atomic mass is 32.2. The van der Waals surface area contributed by atoms with Crippen molar-refractivity contribution in [2.45, 2.75) is 28.8 Å². The number of aromatic nitrogens is 1. The summed E-state index contributed by atoms with van der Waals surface area (Å²) in [6, 6.07) is 13.7. The fourth-order valence-electron chi connectivity index (χ4n) is 3.74. The maximum absolute atomic E-state index is 12.6. The summed E-state index contributed by atoms with van der Waals surface area (Å²) in [6.07, 6.45) is 2.40. The van der Waals surface area contributed by atoms with E-state index in [0.717, 1.165) is 16.5 Å². The molecule has 0 unspecified atom stereocenters. The summed E-state index contributed by atoms with van der Waals surface area (Å²) in [7, 11) is 1.61. The van der Waals surface area contributed by atoms with E-state index < -0.39 is 0 Å². The molecule has 0 spiro atoms. The first-order valence-electron chi connectivity index (χ1n) is 9.03. The van der Waals surface area contributed by atoms with Crippen LogP contribution in [0.15, 0.2) is 52.4 Å². The van der Waals surface area contributed by atoms with E-state index in [1.54, 1.807) is 18.9 Å². The molecule has 2 bridgehead atoms. The van der Waals surface area contributed by atoms with Crippen molar-refractivity contribution in [2.75, 3.05) is 26.7 Å². The molecule has 5 nitrogen and oxygen atoms in total. The number of amides is 1. The normalized spacial score (nSPS) is 24.3. The zero-order valence-corrected chi connectivity index (χ0v) is 15.7. The van der Waals surface area contributed by atoms with Crippen molar-refractivity contribution < 1.29 is 9.53 Å². The molecule has 1 N–H and O–H groups in total. The molecule has 1 aromatic heterocycles. The van der Waals surface area contributed by atoms with Gasteiger partial charge in [-0.2, -0.15) is 0 Å². The lowest BCUT2D eigenvalue weighted by Crippen LogP contribution is -2.57.